The second-order valence-electron chi connectivity index (χ2n) is 6.28. The van der Waals surface area contributed by atoms with Gasteiger partial charge in [0.25, 0.3) is 0 Å². The number of nitrogens with one attached hydrogen (secondary N) is 1. The van der Waals surface area contributed by atoms with Crippen LogP contribution in [0.25, 0.3) is 0 Å². The van der Waals surface area contributed by atoms with Crippen LogP contribution in [-0.4, -0.2) is 19.8 Å². The quantitative estimate of drug-likeness (QED) is 0.874. The summed E-state index contributed by atoms with van der Waals surface area (Å²) in [6, 6.07) is 9.86. The number of hydrogen-bond acceptors (Lipinski definition) is 2. The molecule has 1 aliphatic carbocycles. The van der Waals surface area contributed by atoms with Gasteiger partial charge in [-0.15, -0.1) is 0 Å². The molecule has 1 heterocycles. The van der Waals surface area contributed by atoms with Crippen LogP contribution in [0.5, 0.6) is 0 Å². The van der Waals surface area contributed by atoms with E-state index in [1.807, 2.05) is 0 Å². The Balaban J connectivity index is 1.78. The van der Waals surface area contributed by atoms with E-state index in [-0.39, 0.29) is 0 Å². The number of ether oxygens (including phenoxy) is 1. The van der Waals surface area contributed by atoms with E-state index in [4.69, 9.17) is 4.74 Å². The van der Waals surface area contributed by atoms with Crippen LogP contribution in [0.1, 0.15) is 62.1 Å². The van der Waals surface area contributed by atoms with E-state index in [2.05, 4.69) is 36.5 Å². The Kier molecular flexibility index (Phi) is 4.74. The van der Waals surface area contributed by atoms with Gasteiger partial charge in [0, 0.05) is 19.3 Å². The van der Waals surface area contributed by atoms with Crippen molar-refractivity contribution in [3.8, 4) is 0 Å². The van der Waals surface area contributed by atoms with E-state index >= 15 is 0 Å². The lowest BCUT2D eigenvalue weighted by Gasteiger charge is -2.32. The molecule has 20 heavy (non-hydrogen) atoms. The predicted octanol–water partition coefficient (Wildman–Crippen LogP) is 4.03. The van der Waals surface area contributed by atoms with Crippen LogP contribution < -0.4 is 5.32 Å². The third-order valence-electron chi connectivity index (χ3n) is 5.01. The maximum atomic E-state index is 5.52. The minimum Gasteiger partial charge on any atom is -0.381 e. The molecule has 0 radical (unpaired) electrons. The van der Waals surface area contributed by atoms with Crippen LogP contribution in [0.4, 0.5) is 0 Å². The summed E-state index contributed by atoms with van der Waals surface area (Å²) in [5, 5.41) is 3.72. The summed E-state index contributed by atoms with van der Waals surface area (Å²) in [6.45, 7) is 5.10. The van der Waals surface area contributed by atoms with Crippen LogP contribution in [0.15, 0.2) is 24.3 Å². The molecular formula is C18H27NO. The molecule has 0 amide bonds. The maximum Gasteiger partial charge on any atom is 0.0469 e. The van der Waals surface area contributed by atoms with Gasteiger partial charge in [0.2, 0.25) is 0 Å². The van der Waals surface area contributed by atoms with Crippen molar-refractivity contribution in [3.05, 3.63) is 35.4 Å². The van der Waals surface area contributed by atoms with Gasteiger partial charge in [-0.1, -0.05) is 37.6 Å². The van der Waals surface area contributed by atoms with Gasteiger partial charge in [-0.2, -0.15) is 0 Å². The summed E-state index contributed by atoms with van der Waals surface area (Å²) < 4.78 is 5.52. The topological polar surface area (TPSA) is 21.3 Å². The summed E-state index contributed by atoms with van der Waals surface area (Å²) in [7, 11) is 0. The van der Waals surface area contributed by atoms with Crippen molar-refractivity contribution < 1.29 is 4.74 Å². The molecule has 110 valence electrons. The molecular weight excluding hydrogens is 246 g/mol. The zero-order valence-corrected chi connectivity index (χ0v) is 12.6. The molecule has 1 N–H and O–H groups in total. The van der Waals surface area contributed by atoms with E-state index in [0.717, 1.165) is 31.6 Å². The van der Waals surface area contributed by atoms with Crippen LogP contribution >= 0.6 is 0 Å². The second kappa shape index (κ2) is 6.73. The SMILES string of the molecule is CCNC(c1cccc(C2CCC2)c1)C1CCOCC1. The average Bonchev–Trinajstić information content (AvgIpc) is 2.44. The molecule has 1 saturated heterocycles. The van der Waals surface area contributed by atoms with Crippen molar-refractivity contribution >= 4 is 0 Å². The molecule has 1 saturated carbocycles. The van der Waals surface area contributed by atoms with E-state index < -0.39 is 0 Å². The van der Waals surface area contributed by atoms with Crippen molar-refractivity contribution in [3.63, 3.8) is 0 Å². The predicted molar refractivity (Wildman–Crippen MR) is 83.0 cm³/mol. The lowest BCUT2D eigenvalue weighted by molar-refractivity contribution is 0.0538. The minimum atomic E-state index is 0.504. The third-order valence-corrected chi connectivity index (χ3v) is 5.01. The van der Waals surface area contributed by atoms with Crippen LogP contribution in [0.2, 0.25) is 0 Å². The van der Waals surface area contributed by atoms with Crippen LogP contribution in [-0.2, 0) is 4.74 Å². The van der Waals surface area contributed by atoms with Gasteiger partial charge in [0.1, 0.15) is 0 Å². The minimum absolute atomic E-state index is 0.504. The van der Waals surface area contributed by atoms with Gasteiger partial charge < -0.3 is 10.1 Å². The van der Waals surface area contributed by atoms with Gasteiger partial charge in [-0.05, 0) is 55.2 Å². The van der Waals surface area contributed by atoms with Crippen LogP contribution in [0.3, 0.4) is 0 Å². The fourth-order valence-corrected chi connectivity index (χ4v) is 3.57. The highest BCUT2D eigenvalue weighted by atomic mass is 16.5. The zero-order chi connectivity index (χ0) is 13.8. The molecule has 2 nitrogen and oxygen atoms in total. The van der Waals surface area contributed by atoms with Gasteiger partial charge >= 0.3 is 0 Å². The summed E-state index contributed by atoms with van der Waals surface area (Å²) in [5.41, 5.74) is 3.05. The Morgan fingerprint density at radius 2 is 2.00 bits per heavy atom. The first kappa shape index (κ1) is 14.1. The lowest BCUT2D eigenvalue weighted by Crippen LogP contribution is -2.32. The molecule has 0 aromatic heterocycles. The molecule has 2 heteroatoms. The van der Waals surface area contributed by atoms with E-state index in [0.29, 0.717) is 6.04 Å². The van der Waals surface area contributed by atoms with Crippen molar-refractivity contribution in [2.24, 2.45) is 5.92 Å². The Morgan fingerprint density at radius 3 is 2.65 bits per heavy atom. The largest absolute Gasteiger partial charge is 0.381 e. The summed E-state index contributed by atoms with van der Waals surface area (Å²) >= 11 is 0. The van der Waals surface area contributed by atoms with E-state index in [9.17, 15) is 0 Å². The Morgan fingerprint density at radius 1 is 1.20 bits per heavy atom. The first-order valence-corrected chi connectivity index (χ1v) is 8.29. The first-order valence-electron chi connectivity index (χ1n) is 8.29. The molecule has 1 atom stereocenters. The van der Waals surface area contributed by atoms with Gasteiger partial charge in [0.05, 0.1) is 0 Å². The van der Waals surface area contributed by atoms with E-state index in [1.54, 1.807) is 5.56 Å². The molecule has 1 unspecified atom stereocenters. The Labute approximate surface area is 122 Å². The lowest BCUT2D eigenvalue weighted by atomic mass is 9.78. The van der Waals surface area contributed by atoms with Crippen molar-refractivity contribution in [1.29, 1.82) is 0 Å². The molecule has 3 rings (SSSR count). The fraction of sp³-hybridized carbons (Fsp3) is 0.667. The van der Waals surface area contributed by atoms with Crippen molar-refractivity contribution in [2.45, 2.75) is 51.0 Å². The summed E-state index contributed by atoms with van der Waals surface area (Å²) in [6.07, 6.45) is 6.54. The monoisotopic (exact) mass is 273 g/mol. The number of hydrogen-bond donors (Lipinski definition) is 1. The molecule has 1 aromatic carbocycles. The second-order valence-corrected chi connectivity index (χ2v) is 6.28. The standard InChI is InChI=1S/C18H27NO/c1-2-19-18(15-9-11-20-12-10-15)17-8-4-7-16(13-17)14-5-3-6-14/h4,7-8,13-15,18-19H,2-3,5-6,9-12H2,1H3. The van der Waals surface area contributed by atoms with Gasteiger partial charge in [0.15, 0.2) is 0 Å². The third kappa shape index (κ3) is 3.07. The van der Waals surface area contributed by atoms with E-state index in [1.165, 1.54) is 37.7 Å². The highest BCUT2D eigenvalue weighted by Crippen LogP contribution is 2.38. The molecule has 0 bridgehead atoms. The molecule has 1 aliphatic heterocycles. The summed E-state index contributed by atoms with van der Waals surface area (Å²) in [5.74, 6) is 1.55. The van der Waals surface area contributed by atoms with Gasteiger partial charge in [-0.3, -0.25) is 0 Å². The molecule has 2 fully saturated rings. The van der Waals surface area contributed by atoms with Gasteiger partial charge in [-0.25, -0.2) is 0 Å². The number of rotatable bonds is 5. The maximum absolute atomic E-state index is 5.52. The Hall–Kier alpha value is -0.860. The number of benzene rings is 1. The summed E-state index contributed by atoms with van der Waals surface area (Å²) in [4.78, 5) is 0. The molecule has 0 spiro atoms. The normalized spacial score (nSPS) is 22.4. The average molecular weight is 273 g/mol. The first-order chi connectivity index (χ1) is 9.88. The zero-order valence-electron chi connectivity index (χ0n) is 12.6. The highest BCUT2D eigenvalue weighted by molar-refractivity contribution is 5.30. The van der Waals surface area contributed by atoms with Crippen molar-refractivity contribution in [1.82, 2.24) is 5.32 Å². The molecule has 1 aromatic rings. The highest BCUT2D eigenvalue weighted by Gasteiger charge is 2.26. The Bertz CT molecular complexity index is 421. The smallest absolute Gasteiger partial charge is 0.0469 e. The fourth-order valence-electron chi connectivity index (χ4n) is 3.57. The molecule has 2 aliphatic rings. The van der Waals surface area contributed by atoms with Crippen molar-refractivity contribution in [2.75, 3.05) is 19.8 Å². The van der Waals surface area contributed by atoms with Crippen LogP contribution in [0, 0.1) is 5.92 Å².